The lowest BCUT2D eigenvalue weighted by molar-refractivity contribution is -0.385. The van der Waals surface area contributed by atoms with Crippen LogP contribution in [0.3, 0.4) is 0 Å². The van der Waals surface area contributed by atoms with Crippen molar-refractivity contribution < 1.29 is 14.4 Å². The summed E-state index contributed by atoms with van der Waals surface area (Å²) in [5.74, 6) is 1.27. The molecule has 0 spiro atoms. The SMILES string of the molecule is COc1cc(/C=N/Nc2ccc([N+](=O)[O-])cn2)cc(Cl)c1OCc1ccc(Br)cc1. The molecule has 154 valence electrons. The number of pyridine rings is 1. The predicted molar refractivity (Wildman–Crippen MR) is 119 cm³/mol. The van der Waals surface area contributed by atoms with Crippen LogP contribution in [0.4, 0.5) is 11.5 Å². The largest absolute Gasteiger partial charge is 0.493 e. The van der Waals surface area contributed by atoms with Gasteiger partial charge < -0.3 is 9.47 Å². The van der Waals surface area contributed by atoms with E-state index in [1.165, 1.54) is 25.5 Å². The molecule has 2 aromatic carbocycles. The molecule has 3 rings (SSSR count). The number of methoxy groups -OCH3 is 1. The van der Waals surface area contributed by atoms with E-state index in [-0.39, 0.29) is 5.69 Å². The van der Waals surface area contributed by atoms with Gasteiger partial charge in [-0.3, -0.25) is 15.5 Å². The Balaban J connectivity index is 1.68. The summed E-state index contributed by atoms with van der Waals surface area (Å²) in [6.45, 7) is 0.337. The lowest BCUT2D eigenvalue weighted by Crippen LogP contribution is -2.00. The molecule has 1 aromatic heterocycles. The molecule has 0 amide bonds. The summed E-state index contributed by atoms with van der Waals surface area (Å²) in [6.07, 6.45) is 2.67. The van der Waals surface area contributed by atoms with Crippen molar-refractivity contribution in [2.24, 2.45) is 5.10 Å². The summed E-state index contributed by atoms with van der Waals surface area (Å²) in [4.78, 5) is 14.0. The number of benzene rings is 2. The Kier molecular flexibility index (Phi) is 7.21. The maximum atomic E-state index is 10.7. The Morgan fingerprint density at radius 3 is 2.67 bits per heavy atom. The number of nitrogens with zero attached hydrogens (tertiary/aromatic N) is 3. The number of rotatable bonds is 8. The van der Waals surface area contributed by atoms with Gasteiger partial charge in [-0.25, -0.2) is 4.98 Å². The summed E-state index contributed by atoms with van der Waals surface area (Å²) in [7, 11) is 1.53. The number of hydrogen-bond donors (Lipinski definition) is 1. The summed E-state index contributed by atoms with van der Waals surface area (Å²) in [6, 6.07) is 14.0. The Morgan fingerprint density at radius 1 is 1.27 bits per heavy atom. The summed E-state index contributed by atoms with van der Waals surface area (Å²) in [5.41, 5.74) is 4.26. The minimum Gasteiger partial charge on any atom is -0.493 e. The van der Waals surface area contributed by atoms with Crippen LogP contribution in [0.5, 0.6) is 11.5 Å². The molecule has 30 heavy (non-hydrogen) atoms. The second-order valence-electron chi connectivity index (χ2n) is 5.98. The lowest BCUT2D eigenvalue weighted by Gasteiger charge is -2.13. The van der Waals surface area contributed by atoms with E-state index in [0.717, 1.165) is 16.2 Å². The van der Waals surface area contributed by atoms with Gasteiger partial charge in [0.05, 0.1) is 23.3 Å². The average molecular weight is 492 g/mol. The van der Waals surface area contributed by atoms with Gasteiger partial charge in [0.2, 0.25) is 0 Å². The number of ether oxygens (including phenoxy) is 2. The second kappa shape index (κ2) is 10.0. The van der Waals surface area contributed by atoms with Gasteiger partial charge in [0.15, 0.2) is 11.5 Å². The zero-order chi connectivity index (χ0) is 21.5. The van der Waals surface area contributed by atoms with Gasteiger partial charge in [-0.05, 0) is 41.5 Å². The van der Waals surface area contributed by atoms with Gasteiger partial charge >= 0.3 is 0 Å². The number of nitro groups is 1. The molecule has 10 heteroatoms. The highest BCUT2D eigenvalue weighted by Crippen LogP contribution is 2.36. The van der Waals surface area contributed by atoms with Crippen molar-refractivity contribution in [1.82, 2.24) is 4.98 Å². The van der Waals surface area contributed by atoms with Crippen LogP contribution < -0.4 is 14.9 Å². The van der Waals surface area contributed by atoms with Crippen LogP contribution in [0.15, 0.2) is 64.3 Å². The van der Waals surface area contributed by atoms with Gasteiger partial charge in [0, 0.05) is 10.5 Å². The molecule has 0 fully saturated rings. The number of aromatic nitrogens is 1. The van der Waals surface area contributed by atoms with Crippen molar-refractivity contribution in [3.63, 3.8) is 0 Å². The van der Waals surface area contributed by atoms with Crippen LogP contribution in [0.1, 0.15) is 11.1 Å². The molecule has 0 saturated carbocycles. The molecule has 0 aliphatic carbocycles. The molecule has 0 atom stereocenters. The number of hydrogen-bond acceptors (Lipinski definition) is 7. The highest BCUT2D eigenvalue weighted by atomic mass is 79.9. The number of hydrazone groups is 1. The van der Waals surface area contributed by atoms with Crippen LogP contribution in [0.2, 0.25) is 5.02 Å². The molecule has 0 aliphatic rings. The van der Waals surface area contributed by atoms with E-state index in [0.29, 0.717) is 34.5 Å². The Morgan fingerprint density at radius 2 is 2.03 bits per heavy atom. The fourth-order valence-electron chi connectivity index (χ4n) is 2.42. The number of nitrogens with one attached hydrogen (secondary N) is 1. The molecule has 0 unspecified atom stereocenters. The van der Waals surface area contributed by atoms with Crippen molar-refractivity contribution in [1.29, 1.82) is 0 Å². The molecule has 0 saturated heterocycles. The van der Waals surface area contributed by atoms with E-state index >= 15 is 0 Å². The third-order valence-electron chi connectivity index (χ3n) is 3.90. The first-order chi connectivity index (χ1) is 14.5. The van der Waals surface area contributed by atoms with Crippen molar-refractivity contribution in [2.75, 3.05) is 12.5 Å². The maximum absolute atomic E-state index is 10.7. The molecule has 1 N–H and O–H groups in total. The van der Waals surface area contributed by atoms with Gasteiger partial charge in [-0.1, -0.05) is 39.7 Å². The van der Waals surface area contributed by atoms with Crippen molar-refractivity contribution >= 4 is 45.3 Å². The van der Waals surface area contributed by atoms with Crippen LogP contribution >= 0.6 is 27.5 Å². The van der Waals surface area contributed by atoms with E-state index in [9.17, 15) is 10.1 Å². The van der Waals surface area contributed by atoms with Crippen LogP contribution in [-0.2, 0) is 6.61 Å². The smallest absolute Gasteiger partial charge is 0.287 e. The monoisotopic (exact) mass is 490 g/mol. The quantitative estimate of drug-likeness (QED) is 0.256. The molecule has 3 aromatic rings. The standard InChI is InChI=1S/C20H16BrClN4O4/c1-29-18-9-14(10-24-25-19-7-6-16(11-23-19)26(27)28)8-17(22)20(18)30-12-13-2-4-15(21)5-3-13/h2-11H,12H2,1H3,(H,23,25)/b24-10+. The first kappa shape index (κ1) is 21.5. The molecule has 0 radical (unpaired) electrons. The summed E-state index contributed by atoms with van der Waals surface area (Å²) < 4.78 is 12.2. The first-order valence-electron chi connectivity index (χ1n) is 8.60. The van der Waals surface area contributed by atoms with Crippen LogP contribution in [0.25, 0.3) is 0 Å². The highest BCUT2D eigenvalue weighted by molar-refractivity contribution is 9.10. The fraction of sp³-hybridized carbons (Fsp3) is 0.100. The van der Waals surface area contributed by atoms with Gasteiger partial charge in [-0.15, -0.1) is 0 Å². The molecule has 0 bridgehead atoms. The lowest BCUT2D eigenvalue weighted by atomic mass is 10.2. The Hall–Kier alpha value is -3.17. The average Bonchev–Trinajstić information content (AvgIpc) is 2.74. The van der Waals surface area contributed by atoms with Crippen molar-refractivity contribution in [3.8, 4) is 11.5 Å². The van der Waals surface area contributed by atoms with Crippen LogP contribution in [0, 0.1) is 10.1 Å². The predicted octanol–water partition coefficient (Wildman–Crippen LogP) is 5.44. The Labute approximate surface area is 185 Å². The minimum atomic E-state index is -0.519. The van der Waals surface area contributed by atoms with E-state index in [1.54, 1.807) is 12.1 Å². The van der Waals surface area contributed by atoms with Gasteiger partial charge in [0.25, 0.3) is 5.69 Å². The molecule has 0 aliphatic heterocycles. The first-order valence-corrected chi connectivity index (χ1v) is 9.77. The van der Waals surface area contributed by atoms with E-state index in [2.05, 4.69) is 31.4 Å². The third kappa shape index (κ3) is 5.68. The second-order valence-corrected chi connectivity index (χ2v) is 7.30. The molecule has 1 heterocycles. The topological polar surface area (TPSA) is 98.9 Å². The van der Waals surface area contributed by atoms with E-state index in [1.807, 2.05) is 24.3 Å². The number of halogens is 2. The third-order valence-corrected chi connectivity index (χ3v) is 4.71. The Bertz CT molecular complexity index is 1060. The zero-order valence-corrected chi connectivity index (χ0v) is 18.1. The molecule has 8 nitrogen and oxygen atoms in total. The van der Waals surface area contributed by atoms with E-state index in [4.69, 9.17) is 21.1 Å². The van der Waals surface area contributed by atoms with Crippen molar-refractivity contribution in [3.05, 3.63) is 85.5 Å². The summed E-state index contributed by atoms with van der Waals surface area (Å²) >= 11 is 9.77. The minimum absolute atomic E-state index is 0.0974. The van der Waals surface area contributed by atoms with Crippen molar-refractivity contribution in [2.45, 2.75) is 6.61 Å². The van der Waals surface area contributed by atoms with E-state index < -0.39 is 4.92 Å². The maximum Gasteiger partial charge on any atom is 0.287 e. The normalized spacial score (nSPS) is 10.8. The summed E-state index contributed by atoms with van der Waals surface area (Å²) in [5, 5.41) is 15.1. The molecular formula is C20H16BrClN4O4. The molecular weight excluding hydrogens is 476 g/mol. The van der Waals surface area contributed by atoms with Crippen LogP contribution in [-0.4, -0.2) is 23.2 Å². The fourth-order valence-corrected chi connectivity index (χ4v) is 2.96. The zero-order valence-electron chi connectivity index (χ0n) is 15.7. The number of anilines is 1. The van der Waals surface area contributed by atoms with Gasteiger partial charge in [-0.2, -0.15) is 5.10 Å². The van der Waals surface area contributed by atoms with Gasteiger partial charge in [0.1, 0.15) is 18.6 Å². The highest BCUT2D eigenvalue weighted by Gasteiger charge is 2.12.